The van der Waals surface area contributed by atoms with Gasteiger partial charge in [0.25, 0.3) is 5.91 Å². The molecule has 9 heteroatoms. The van der Waals surface area contributed by atoms with Crippen LogP contribution in [0.5, 0.6) is 17.2 Å². The van der Waals surface area contributed by atoms with E-state index in [4.69, 9.17) is 14.2 Å². The molecule has 2 atom stereocenters. The van der Waals surface area contributed by atoms with Gasteiger partial charge in [-0.15, -0.1) is 0 Å². The molecule has 2 aliphatic heterocycles. The topological polar surface area (TPSA) is 109 Å². The Bertz CT molecular complexity index is 779. The number of urea groups is 1. The molecule has 0 unspecified atom stereocenters. The number of carbonyl (C=O) groups excluding carboxylic acids is 2. The van der Waals surface area contributed by atoms with Crippen LogP contribution in [0.1, 0.15) is 18.5 Å². The zero-order chi connectivity index (χ0) is 19.7. The smallest absolute Gasteiger partial charge is 0.319 e. The minimum atomic E-state index is -0.672. The van der Waals surface area contributed by atoms with Crippen molar-refractivity contribution in [2.75, 3.05) is 34.4 Å². The third-order valence-electron chi connectivity index (χ3n) is 4.53. The van der Waals surface area contributed by atoms with Crippen LogP contribution in [0.25, 0.3) is 0 Å². The van der Waals surface area contributed by atoms with Crippen molar-refractivity contribution in [1.82, 2.24) is 15.5 Å². The Morgan fingerprint density at radius 3 is 2.33 bits per heavy atom. The van der Waals surface area contributed by atoms with Gasteiger partial charge in [-0.2, -0.15) is 0 Å². The number of benzene rings is 1. The van der Waals surface area contributed by atoms with Gasteiger partial charge in [-0.1, -0.05) is 0 Å². The first-order valence-electron chi connectivity index (χ1n) is 8.47. The molecule has 0 saturated carbocycles. The molecule has 0 spiro atoms. The van der Waals surface area contributed by atoms with Crippen molar-refractivity contribution in [2.24, 2.45) is 0 Å². The van der Waals surface area contributed by atoms with Crippen molar-refractivity contribution >= 4 is 11.9 Å². The van der Waals surface area contributed by atoms with Crippen LogP contribution >= 0.6 is 0 Å². The van der Waals surface area contributed by atoms with E-state index in [1.54, 1.807) is 19.1 Å². The Hall–Kier alpha value is -2.94. The Labute approximate surface area is 156 Å². The summed E-state index contributed by atoms with van der Waals surface area (Å²) in [5, 5.41) is 15.1. The molecule has 0 saturated heterocycles. The zero-order valence-electron chi connectivity index (χ0n) is 15.7. The molecular formula is C18H23N3O6. The monoisotopic (exact) mass is 377 g/mol. The van der Waals surface area contributed by atoms with E-state index in [-0.39, 0.29) is 19.0 Å². The molecule has 0 fully saturated rings. The first-order valence-corrected chi connectivity index (χ1v) is 8.47. The largest absolute Gasteiger partial charge is 0.493 e. The van der Waals surface area contributed by atoms with Crippen LogP contribution in [-0.2, 0) is 4.79 Å². The number of amides is 3. The van der Waals surface area contributed by atoms with Gasteiger partial charge in [0.2, 0.25) is 5.75 Å². The lowest BCUT2D eigenvalue weighted by atomic mass is 9.95. The van der Waals surface area contributed by atoms with Crippen molar-refractivity contribution in [2.45, 2.75) is 19.1 Å². The number of aliphatic hydroxyl groups is 1. The van der Waals surface area contributed by atoms with Gasteiger partial charge in [0.15, 0.2) is 11.5 Å². The number of hydrogen-bond acceptors (Lipinski definition) is 6. The highest BCUT2D eigenvalue weighted by Gasteiger charge is 2.41. The molecule has 3 rings (SSSR count). The first kappa shape index (κ1) is 18.8. The summed E-state index contributed by atoms with van der Waals surface area (Å²) in [5.41, 5.74) is 1.59. The summed E-state index contributed by atoms with van der Waals surface area (Å²) < 4.78 is 16.1. The van der Waals surface area contributed by atoms with Crippen molar-refractivity contribution in [1.29, 1.82) is 0 Å². The maximum atomic E-state index is 12.9. The molecule has 0 radical (unpaired) electrons. The number of hydrogen-bond donors (Lipinski definition) is 3. The lowest BCUT2D eigenvalue weighted by Crippen LogP contribution is -2.44. The van der Waals surface area contributed by atoms with E-state index in [1.807, 2.05) is 0 Å². The van der Waals surface area contributed by atoms with Gasteiger partial charge in [-0.3, -0.25) is 4.79 Å². The maximum absolute atomic E-state index is 12.9. The van der Waals surface area contributed by atoms with Crippen LogP contribution in [0.15, 0.2) is 23.4 Å². The van der Waals surface area contributed by atoms with Crippen LogP contribution in [0.3, 0.4) is 0 Å². The predicted octanol–water partition coefficient (Wildman–Crippen LogP) is 0.543. The van der Waals surface area contributed by atoms with Gasteiger partial charge in [-0.05, 0) is 24.6 Å². The summed E-state index contributed by atoms with van der Waals surface area (Å²) in [6.07, 6.45) is -0.668. The van der Waals surface area contributed by atoms with Gasteiger partial charge in [-0.25, -0.2) is 4.79 Å². The summed E-state index contributed by atoms with van der Waals surface area (Å²) >= 11 is 0. The zero-order valence-corrected chi connectivity index (χ0v) is 15.7. The highest BCUT2D eigenvalue weighted by atomic mass is 16.5. The Morgan fingerprint density at radius 1 is 1.19 bits per heavy atom. The molecule has 27 heavy (non-hydrogen) atoms. The van der Waals surface area contributed by atoms with Crippen molar-refractivity contribution in [3.05, 3.63) is 29.0 Å². The number of methoxy groups -OCH3 is 3. The molecule has 3 amide bonds. The summed E-state index contributed by atoms with van der Waals surface area (Å²) in [6.45, 7) is 2.04. The third kappa shape index (κ3) is 3.37. The van der Waals surface area contributed by atoms with E-state index >= 15 is 0 Å². The summed E-state index contributed by atoms with van der Waals surface area (Å²) in [5.74, 6) is 1.03. The molecular weight excluding hydrogens is 354 g/mol. The van der Waals surface area contributed by atoms with E-state index in [2.05, 4.69) is 10.6 Å². The lowest BCUT2D eigenvalue weighted by Gasteiger charge is -2.26. The number of β-amino-alcohol motifs (C(OH)–C–C–N with tert-alkyl or cyclic N) is 1. The van der Waals surface area contributed by atoms with Gasteiger partial charge < -0.3 is 34.9 Å². The van der Waals surface area contributed by atoms with Crippen LogP contribution in [0.4, 0.5) is 4.79 Å². The highest BCUT2D eigenvalue weighted by Crippen LogP contribution is 2.42. The second kappa shape index (κ2) is 7.36. The fourth-order valence-electron chi connectivity index (χ4n) is 3.41. The van der Waals surface area contributed by atoms with E-state index < -0.39 is 18.2 Å². The quantitative estimate of drug-likeness (QED) is 0.668. The molecule has 0 aromatic heterocycles. The number of nitrogens with one attached hydrogen (secondary N) is 2. The molecule has 2 heterocycles. The number of carbonyl (C=O) groups is 2. The SMILES string of the molecule is COc1cc([C@@H]2NC(=O)NC3=C2C(=O)N(C[C@@H](C)O)C3)cc(OC)c1OC. The predicted molar refractivity (Wildman–Crippen MR) is 95.8 cm³/mol. The average Bonchev–Trinajstić information content (AvgIpc) is 2.94. The summed E-state index contributed by atoms with van der Waals surface area (Å²) in [6, 6.07) is 2.33. The van der Waals surface area contributed by atoms with E-state index in [9.17, 15) is 14.7 Å². The second-order valence-corrected chi connectivity index (χ2v) is 6.42. The van der Waals surface area contributed by atoms with Crippen LogP contribution in [0.2, 0.25) is 0 Å². The summed E-state index contributed by atoms with van der Waals surface area (Å²) in [7, 11) is 4.50. The van der Waals surface area contributed by atoms with Crippen molar-refractivity contribution in [3.63, 3.8) is 0 Å². The van der Waals surface area contributed by atoms with Gasteiger partial charge in [0.1, 0.15) is 0 Å². The van der Waals surface area contributed by atoms with Crippen molar-refractivity contribution in [3.8, 4) is 17.2 Å². The normalized spacial score (nSPS) is 20.0. The minimum Gasteiger partial charge on any atom is -0.493 e. The molecule has 0 aliphatic carbocycles. The minimum absolute atomic E-state index is 0.184. The molecule has 1 aromatic rings. The molecule has 1 aromatic carbocycles. The Balaban J connectivity index is 2.04. The van der Waals surface area contributed by atoms with Gasteiger partial charge in [0.05, 0.1) is 51.3 Å². The number of aliphatic hydroxyl groups excluding tert-OH is 1. The van der Waals surface area contributed by atoms with Gasteiger partial charge >= 0.3 is 6.03 Å². The van der Waals surface area contributed by atoms with Crippen LogP contribution < -0.4 is 24.8 Å². The van der Waals surface area contributed by atoms with Gasteiger partial charge in [0, 0.05) is 6.54 Å². The number of nitrogens with zero attached hydrogens (tertiary/aromatic N) is 1. The van der Waals surface area contributed by atoms with Crippen LogP contribution in [0, 0.1) is 0 Å². The Morgan fingerprint density at radius 2 is 1.81 bits per heavy atom. The molecule has 146 valence electrons. The molecule has 3 N–H and O–H groups in total. The van der Waals surface area contributed by atoms with E-state index in [1.165, 1.54) is 26.2 Å². The summed E-state index contributed by atoms with van der Waals surface area (Å²) in [4.78, 5) is 26.5. The second-order valence-electron chi connectivity index (χ2n) is 6.42. The van der Waals surface area contributed by atoms with E-state index in [0.717, 1.165) is 0 Å². The fourth-order valence-corrected chi connectivity index (χ4v) is 3.41. The highest BCUT2D eigenvalue weighted by molar-refractivity contribution is 6.01. The van der Waals surface area contributed by atoms with Crippen molar-refractivity contribution < 1.29 is 28.9 Å². The Kier molecular flexibility index (Phi) is 5.13. The average molecular weight is 377 g/mol. The fraction of sp³-hybridized carbons (Fsp3) is 0.444. The molecule has 9 nitrogen and oxygen atoms in total. The molecule has 0 bridgehead atoms. The first-order chi connectivity index (χ1) is 12.9. The molecule has 2 aliphatic rings. The third-order valence-corrected chi connectivity index (χ3v) is 4.53. The van der Waals surface area contributed by atoms with Crippen LogP contribution in [-0.4, -0.2) is 62.5 Å². The van der Waals surface area contributed by atoms with E-state index in [0.29, 0.717) is 34.1 Å². The standard InChI is InChI=1S/C18H23N3O6/c1-9(22)7-21-8-11-14(17(21)23)15(20-18(24)19-11)10-5-12(25-2)16(27-4)13(6-10)26-3/h5-6,9,15,22H,7-8H2,1-4H3,(H2,19,20,24)/t9-,15+/m1/s1. The maximum Gasteiger partial charge on any atom is 0.319 e. The number of rotatable bonds is 6. The lowest BCUT2D eigenvalue weighted by molar-refractivity contribution is -0.126. The number of ether oxygens (including phenoxy) is 3.